The van der Waals surface area contributed by atoms with E-state index in [9.17, 15) is 17.6 Å². The van der Waals surface area contributed by atoms with Crippen LogP contribution in [0, 0.1) is 5.82 Å². The fourth-order valence-electron chi connectivity index (χ4n) is 2.65. The number of carbonyl (C=O) groups is 1. The van der Waals surface area contributed by atoms with Gasteiger partial charge >= 0.3 is 5.91 Å². The second kappa shape index (κ2) is 7.51. The van der Waals surface area contributed by atoms with Gasteiger partial charge in [0, 0.05) is 31.2 Å². The molecule has 0 atom stereocenters. The number of hydrogen-bond donors (Lipinski definition) is 1. The van der Waals surface area contributed by atoms with Gasteiger partial charge in [-0.3, -0.25) is 4.79 Å². The van der Waals surface area contributed by atoms with Gasteiger partial charge in [-0.15, -0.1) is 0 Å². The fraction of sp³-hybridized carbons (Fsp3) is 0.211. The molecule has 3 rings (SSSR count). The summed E-state index contributed by atoms with van der Waals surface area (Å²) in [4.78, 5) is 13.6. The molecule has 0 saturated carbocycles. The normalized spacial score (nSPS) is 11.4. The zero-order valence-electron chi connectivity index (χ0n) is 15.5. The molecule has 0 saturated heterocycles. The molecule has 7 nitrogen and oxygen atoms in total. The lowest BCUT2D eigenvalue weighted by molar-refractivity contribution is 0.0956. The molecule has 1 heterocycles. The number of sulfonamides is 1. The van der Waals surface area contributed by atoms with Gasteiger partial charge in [0.15, 0.2) is 10.7 Å². The summed E-state index contributed by atoms with van der Waals surface area (Å²) in [7, 11) is -0.806. The molecule has 148 valence electrons. The minimum Gasteiger partial charge on any atom is -0.492 e. The molecule has 0 aliphatic rings. The van der Waals surface area contributed by atoms with Gasteiger partial charge in [0.05, 0.1) is 6.61 Å². The van der Waals surface area contributed by atoms with E-state index in [-0.39, 0.29) is 18.1 Å². The molecule has 0 aliphatic carbocycles. The Morgan fingerprint density at radius 2 is 1.96 bits per heavy atom. The third-order valence-electron chi connectivity index (χ3n) is 3.97. The van der Waals surface area contributed by atoms with Crippen molar-refractivity contribution in [1.82, 2.24) is 4.72 Å². The van der Waals surface area contributed by atoms with Gasteiger partial charge in [-0.2, -0.15) is 0 Å². The van der Waals surface area contributed by atoms with Crippen LogP contribution < -0.4 is 14.4 Å². The van der Waals surface area contributed by atoms with Crippen LogP contribution in [0.25, 0.3) is 11.0 Å². The predicted octanol–water partition coefficient (Wildman–Crippen LogP) is 3.16. The highest BCUT2D eigenvalue weighted by Crippen LogP contribution is 2.28. The number of rotatable bonds is 6. The average molecular weight is 406 g/mol. The first-order valence-electron chi connectivity index (χ1n) is 8.42. The summed E-state index contributed by atoms with van der Waals surface area (Å²) in [6.07, 6.45) is 0. The molecular weight excluding hydrogens is 387 g/mol. The summed E-state index contributed by atoms with van der Waals surface area (Å²) in [5, 5.41) is 0.633. The van der Waals surface area contributed by atoms with Crippen LogP contribution in [0.4, 0.5) is 10.1 Å². The number of carbonyl (C=O) groups excluding carboxylic acids is 1. The van der Waals surface area contributed by atoms with E-state index in [4.69, 9.17) is 9.15 Å². The number of furan rings is 1. The molecule has 2 aromatic carbocycles. The summed E-state index contributed by atoms with van der Waals surface area (Å²) in [5.74, 6) is -2.41. The molecule has 0 radical (unpaired) electrons. The van der Waals surface area contributed by atoms with E-state index < -0.39 is 26.6 Å². The Labute approximate surface area is 161 Å². The van der Waals surface area contributed by atoms with Crippen LogP contribution in [0.15, 0.2) is 51.8 Å². The van der Waals surface area contributed by atoms with Crippen molar-refractivity contribution in [1.29, 1.82) is 0 Å². The average Bonchev–Trinajstić information content (AvgIpc) is 3.04. The third kappa shape index (κ3) is 3.79. The lowest BCUT2D eigenvalue weighted by atomic mass is 10.2. The zero-order chi connectivity index (χ0) is 20.5. The van der Waals surface area contributed by atoms with Crippen LogP contribution in [0.3, 0.4) is 0 Å². The minimum absolute atomic E-state index is 0.137. The molecule has 1 aromatic heterocycles. The second-order valence-electron chi connectivity index (χ2n) is 6.16. The van der Waals surface area contributed by atoms with Crippen molar-refractivity contribution < 1.29 is 26.8 Å². The number of benzene rings is 2. The van der Waals surface area contributed by atoms with Crippen LogP contribution in [0.5, 0.6) is 5.75 Å². The van der Waals surface area contributed by atoms with E-state index >= 15 is 0 Å². The Kier molecular flexibility index (Phi) is 5.28. The number of anilines is 1. The number of ether oxygens (including phenoxy) is 1. The molecular formula is C19H19FN2O5S. The molecule has 1 N–H and O–H groups in total. The van der Waals surface area contributed by atoms with Gasteiger partial charge in [-0.05, 0) is 37.3 Å². The maximum atomic E-state index is 14.2. The fourth-order valence-corrected chi connectivity index (χ4v) is 3.82. The monoisotopic (exact) mass is 406 g/mol. The van der Waals surface area contributed by atoms with Crippen LogP contribution in [-0.4, -0.2) is 35.0 Å². The predicted molar refractivity (Wildman–Crippen MR) is 103 cm³/mol. The maximum Gasteiger partial charge on any atom is 0.300 e. The van der Waals surface area contributed by atoms with Crippen LogP contribution in [0.2, 0.25) is 0 Å². The molecule has 0 spiro atoms. The van der Waals surface area contributed by atoms with E-state index in [1.165, 1.54) is 18.2 Å². The number of halogens is 1. The Bertz CT molecular complexity index is 1140. The van der Waals surface area contributed by atoms with E-state index in [0.29, 0.717) is 11.0 Å². The number of nitrogens with zero attached hydrogens (tertiary/aromatic N) is 1. The van der Waals surface area contributed by atoms with Gasteiger partial charge in [-0.1, -0.05) is 6.07 Å². The van der Waals surface area contributed by atoms with Gasteiger partial charge < -0.3 is 14.1 Å². The summed E-state index contributed by atoms with van der Waals surface area (Å²) >= 11 is 0. The lowest BCUT2D eigenvalue weighted by Crippen LogP contribution is -2.31. The summed E-state index contributed by atoms with van der Waals surface area (Å²) in [5.41, 5.74) is 1.28. The Balaban J connectivity index is 1.93. The summed E-state index contributed by atoms with van der Waals surface area (Å²) in [6, 6.07) is 10.4. The van der Waals surface area contributed by atoms with Crippen LogP contribution in [-0.2, 0) is 10.0 Å². The van der Waals surface area contributed by atoms with Gasteiger partial charge in [0.1, 0.15) is 17.1 Å². The summed E-state index contributed by atoms with van der Waals surface area (Å²) in [6.45, 7) is 1.77. The topological polar surface area (TPSA) is 88.8 Å². The molecule has 3 aromatic rings. The molecule has 1 amide bonds. The smallest absolute Gasteiger partial charge is 0.300 e. The SMILES string of the molecule is CCOc1cccc(F)c1S(=O)(=O)NC(=O)c1cc2ccc(N(C)C)cc2o1. The molecule has 0 unspecified atom stereocenters. The molecule has 28 heavy (non-hydrogen) atoms. The molecule has 0 fully saturated rings. The standard InChI is InChI=1S/C19H19FN2O5S/c1-4-26-15-7-5-6-14(20)18(15)28(24,25)21-19(23)17-10-12-8-9-13(22(2)3)11-16(12)27-17/h5-11H,4H2,1-3H3,(H,21,23). The molecule has 9 heteroatoms. The Hall–Kier alpha value is -3.07. The van der Waals surface area contributed by atoms with E-state index in [0.717, 1.165) is 11.8 Å². The van der Waals surface area contributed by atoms with Gasteiger partial charge in [0.2, 0.25) is 0 Å². The van der Waals surface area contributed by atoms with Crippen molar-refractivity contribution in [2.24, 2.45) is 0 Å². The third-order valence-corrected chi connectivity index (χ3v) is 5.36. The van der Waals surface area contributed by atoms with Crippen molar-refractivity contribution in [3.63, 3.8) is 0 Å². The largest absolute Gasteiger partial charge is 0.492 e. The number of hydrogen-bond acceptors (Lipinski definition) is 6. The highest BCUT2D eigenvalue weighted by atomic mass is 32.2. The van der Waals surface area contributed by atoms with Gasteiger partial charge in [-0.25, -0.2) is 17.5 Å². The number of amides is 1. The first kappa shape index (κ1) is 19.7. The Morgan fingerprint density at radius 1 is 1.21 bits per heavy atom. The quantitative estimate of drug-likeness (QED) is 0.677. The number of nitrogens with one attached hydrogen (secondary N) is 1. The van der Waals surface area contributed by atoms with Crippen molar-refractivity contribution in [2.45, 2.75) is 11.8 Å². The van der Waals surface area contributed by atoms with E-state index in [1.54, 1.807) is 19.1 Å². The van der Waals surface area contributed by atoms with Gasteiger partial charge in [0.25, 0.3) is 10.0 Å². The van der Waals surface area contributed by atoms with Crippen molar-refractivity contribution in [3.05, 3.63) is 54.0 Å². The first-order valence-corrected chi connectivity index (χ1v) is 9.90. The Morgan fingerprint density at radius 3 is 2.64 bits per heavy atom. The van der Waals surface area contributed by atoms with Crippen LogP contribution >= 0.6 is 0 Å². The lowest BCUT2D eigenvalue weighted by Gasteiger charge is -2.12. The highest BCUT2D eigenvalue weighted by molar-refractivity contribution is 7.90. The zero-order valence-corrected chi connectivity index (χ0v) is 16.3. The van der Waals surface area contributed by atoms with E-state index in [1.807, 2.05) is 29.8 Å². The van der Waals surface area contributed by atoms with Crippen molar-refractivity contribution in [2.75, 3.05) is 25.6 Å². The van der Waals surface area contributed by atoms with Crippen LogP contribution in [0.1, 0.15) is 17.5 Å². The highest BCUT2D eigenvalue weighted by Gasteiger charge is 2.28. The molecule has 0 bridgehead atoms. The summed E-state index contributed by atoms with van der Waals surface area (Å²) < 4.78 is 51.8. The van der Waals surface area contributed by atoms with Crippen molar-refractivity contribution in [3.8, 4) is 5.75 Å². The number of fused-ring (bicyclic) bond motifs is 1. The minimum atomic E-state index is -4.52. The van der Waals surface area contributed by atoms with Crippen molar-refractivity contribution >= 4 is 32.6 Å². The maximum absolute atomic E-state index is 14.2. The molecule has 0 aliphatic heterocycles. The second-order valence-corrected chi connectivity index (χ2v) is 7.78. The van der Waals surface area contributed by atoms with E-state index in [2.05, 4.69) is 0 Å². The first-order chi connectivity index (χ1) is 13.2.